The Morgan fingerprint density at radius 3 is 2.58 bits per heavy atom. The molecule has 1 aromatic heterocycles. The number of piperidine rings is 1. The molecule has 2 amide bonds. The molecule has 3 fully saturated rings. The van der Waals surface area contributed by atoms with Crippen molar-refractivity contribution in [2.24, 2.45) is 5.92 Å². The number of aryl methyl sites for hydroxylation is 1. The van der Waals surface area contributed by atoms with Crippen molar-refractivity contribution in [3.63, 3.8) is 0 Å². The van der Waals surface area contributed by atoms with Crippen LogP contribution in [0, 0.1) is 12.8 Å². The number of likely N-dealkylation sites (tertiary alicyclic amines) is 1. The SMILES string of the molecule is Cc1cc(C(=O)N2CCC[C@H](C(=O)NC3CC3)C2)nc(N2CCCC2)n1. The number of anilines is 1. The van der Waals surface area contributed by atoms with Gasteiger partial charge < -0.3 is 15.1 Å². The van der Waals surface area contributed by atoms with Crippen LogP contribution in [0.25, 0.3) is 0 Å². The van der Waals surface area contributed by atoms with Gasteiger partial charge in [0.25, 0.3) is 5.91 Å². The van der Waals surface area contributed by atoms with Crippen molar-refractivity contribution in [3.8, 4) is 0 Å². The van der Waals surface area contributed by atoms with E-state index in [9.17, 15) is 9.59 Å². The van der Waals surface area contributed by atoms with Crippen LogP contribution >= 0.6 is 0 Å². The van der Waals surface area contributed by atoms with Gasteiger partial charge in [-0.1, -0.05) is 0 Å². The molecule has 0 unspecified atom stereocenters. The highest BCUT2D eigenvalue weighted by Gasteiger charge is 2.32. The smallest absolute Gasteiger partial charge is 0.272 e. The minimum absolute atomic E-state index is 0.0835. The first-order valence-corrected chi connectivity index (χ1v) is 9.80. The van der Waals surface area contributed by atoms with Crippen LogP contribution in [-0.4, -0.2) is 58.9 Å². The summed E-state index contributed by atoms with van der Waals surface area (Å²) in [5, 5.41) is 3.07. The van der Waals surface area contributed by atoms with Crippen molar-refractivity contribution in [2.45, 2.75) is 51.5 Å². The Morgan fingerprint density at radius 2 is 1.85 bits per heavy atom. The van der Waals surface area contributed by atoms with E-state index < -0.39 is 0 Å². The number of carbonyl (C=O) groups excluding carboxylic acids is 2. The Kier molecular flexibility index (Phi) is 4.78. The lowest BCUT2D eigenvalue weighted by atomic mass is 9.96. The number of nitrogens with zero attached hydrogens (tertiary/aromatic N) is 4. The molecule has 1 N–H and O–H groups in total. The maximum atomic E-state index is 13.0. The number of amides is 2. The Hall–Kier alpha value is -2.18. The van der Waals surface area contributed by atoms with E-state index in [1.807, 2.05) is 6.92 Å². The fraction of sp³-hybridized carbons (Fsp3) is 0.684. The standard InChI is InChI=1S/C19H27N5O2/c1-13-11-16(22-19(20-13)23-8-2-3-9-23)18(26)24-10-4-5-14(12-24)17(25)21-15-6-7-15/h11,14-15H,2-10,12H2,1H3,(H,21,25)/t14-/m0/s1. The van der Waals surface area contributed by atoms with E-state index in [4.69, 9.17) is 0 Å². The van der Waals surface area contributed by atoms with Gasteiger partial charge in [-0.15, -0.1) is 0 Å². The third kappa shape index (κ3) is 3.81. The second-order valence-corrected chi connectivity index (χ2v) is 7.76. The van der Waals surface area contributed by atoms with Crippen LogP contribution in [0.15, 0.2) is 6.07 Å². The zero-order valence-electron chi connectivity index (χ0n) is 15.4. The van der Waals surface area contributed by atoms with Crippen molar-refractivity contribution in [2.75, 3.05) is 31.1 Å². The number of hydrogen-bond acceptors (Lipinski definition) is 5. The summed E-state index contributed by atoms with van der Waals surface area (Å²) >= 11 is 0. The van der Waals surface area contributed by atoms with Crippen LogP contribution in [0.2, 0.25) is 0 Å². The van der Waals surface area contributed by atoms with Gasteiger partial charge in [0.15, 0.2) is 0 Å². The molecule has 140 valence electrons. The Balaban J connectivity index is 1.46. The van der Waals surface area contributed by atoms with Gasteiger partial charge >= 0.3 is 0 Å². The van der Waals surface area contributed by atoms with Crippen LogP contribution in [-0.2, 0) is 4.79 Å². The maximum absolute atomic E-state index is 13.0. The molecule has 0 radical (unpaired) electrons. The van der Waals surface area contributed by atoms with Crippen LogP contribution in [0.1, 0.15) is 54.7 Å². The Labute approximate surface area is 154 Å². The second-order valence-electron chi connectivity index (χ2n) is 7.76. The molecule has 0 spiro atoms. The molecule has 7 nitrogen and oxygen atoms in total. The number of rotatable bonds is 4. The topological polar surface area (TPSA) is 78.4 Å². The number of nitrogens with one attached hydrogen (secondary N) is 1. The Bertz CT molecular complexity index is 697. The fourth-order valence-corrected chi connectivity index (χ4v) is 3.81. The highest BCUT2D eigenvalue weighted by molar-refractivity contribution is 5.93. The van der Waals surface area contributed by atoms with Gasteiger partial charge in [0, 0.05) is 37.9 Å². The first kappa shape index (κ1) is 17.2. The third-order valence-corrected chi connectivity index (χ3v) is 5.45. The molecule has 7 heteroatoms. The minimum atomic E-state index is -0.103. The van der Waals surface area contributed by atoms with Gasteiger partial charge in [0.2, 0.25) is 11.9 Å². The zero-order chi connectivity index (χ0) is 18.1. The summed E-state index contributed by atoms with van der Waals surface area (Å²) in [6.07, 6.45) is 6.16. The molecule has 2 aliphatic heterocycles. The predicted molar refractivity (Wildman–Crippen MR) is 98.0 cm³/mol. The number of carbonyl (C=O) groups is 2. The van der Waals surface area contributed by atoms with Crippen molar-refractivity contribution in [1.29, 1.82) is 0 Å². The van der Waals surface area contributed by atoms with E-state index in [1.54, 1.807) is 11.0 Å². The number of aromatic nitrogens is 2. The summed E-state index contributed by atoms with van der Waals surface area (Å²) < 4.78 is 0. The van der Waals surface area contributed by atoms with E-state index in [2.05, 4.69) is 20.2 Å². The van der Waals surface area contributed by atoms with Crippen LogP contribution in [0.3, 0.4) is 0 Å². The lowest BCUT2D eigenvalue weighted by molar-refractivity contribution is -0.126. The molecule has 0 aromatic carbocycles. The summed E-state index contributed by atoms with van der Waals surface area (Å²) in [5.74, 6) is 0.571. The van der Waals surface area contributed by atoms with Gasteiger partial charge in [-0.25, -0.2) is 9.97 Å². The monoisotopic (exact) mass is 357 g/mol. The molecule has 1 atom stereocenters. The molecule has 1 aromatic rings. The van der Waals surface area contributed by atoms with E-state index >= 15 is 0 Å². The first-order chi connectivity index (χ1) is 12.6. The molecule has 3 heterocycles. The average Bonchev–Trinajstić information content (AvgIpc) is 3.29. The van der Waals surface area contributed by atoms with E-state index in [0.717, 1.165) is 57.3 Å². The van der Waals surface area contributed by atoms with Crippen LogP contribution in [0.5, 0.6) is 0 Å². The molecule has 1 saturated carbocycles. The van der Waals surface area contributed by atoms with E-state index in [-0.39, 0.29) is 17.7 Å². The molecule has 2 saturated heterocycles. The highest BCUT2D eigenvalue weighted by Crippen LogP contribution is 2.23. The van der Waals surface area contributed by atoms with Gasteiger partial charge in [0.05, 0.1) is 5.92 Å². The summed E-state index contributed by atoms with van der Waals surface area (Å²) in [5.41, 5.74) is 1.26. The van der Waals surface area contributed by atoms with Gasteiger partial charge in [-0.2, -0.15) is 0 Å². The summed E-state index contributed by atoms with van der Waals surface area (Å²) in [4.78, 5) is 38.3. The molecule has 3 aliphatic rings. The maximum Gasteiger partial charge on any atom is 0.272 e. The van der Waals surface area contributed by atoms with E-state index in [0.29, 0.717) is 30.8 Å². The molecule has 4 rings (SSSR count). The normalized spacial score (nSPS) is 23.2. The predicted octanol–water partition coefficient (Wildman–Crippen LogP) is 1.52. The quantitative estimate of drug-likeness (QED) is 0.884. The average molecular weight is 357 g/mol. The second kappa shape index (κ2) is 7.21. The molecular weight excluding hydrogens is 330 g/mol. The van der Waals surface area contributed by atoms with Crippen molar-refractivity contribution < 1.29 is 9.59 Å². The van der Waals surface area contributed by atoms with Gasteiger partial charge in [0.1, 0.15) is 5.69 Å². The Morgan fingerprint density at radius 1 is 1.08 bits per heavy atom. The molecular formula is C19H27N5O2. The van der Waals surface area contributed by atoms with Gasteiger partial charge in [-0.05, 0) is 51.5 Å². The fourth-order valence-electron chi connectivity index (χ4n) is 3.81. The van der Waals surface area contributed by atoms with Crippen LogP contribution < -0.4 is 10.2 Å². The van der Waals surface area contributed by atoms with Crippen molar-refractivity contribution in [3.05, 3.63) is 17.5 Å². The third-order valence-electron chi connectivity index (χ3n) is 5.45. The zero-order valence-corrected chi connectivity index (χ0v) is 15.4. The molecule has 26 heavy (non-hydrogen) atoms. The molecule has 0 bridgehead atoms. The lowest BCUT2D eigenvalue weighted by Gasteiger charge is -2.32. The highest BCUT2D eigenvalue weighted by atomic mass is 16.2. The molecule has 1 aliphatic carbocycles. The summed E-state index contributed by atoms with van der Waals surface area (Å²) in [6, 6.07) is 2.12. The largest absolute Gasteiger partial charge is 0.353 e. The lowest BCUT2D eigenvalue weighted by Crippen LogP contribution is -2.46. The summed E-state index contributed by atoms with van der Waals surface area (Å²) in [7, 11) is 0. The first-order valence-electron chi connectivity index (χ1n) is 9.80. The van der Waals surface area contributed by atoms with Crippen molar-refractivity contribution >= 4 is 17.8 Å². The minimum Gasteiger partial charge on any atom is -0.353 e. The van der Waals surface area contributed by atoms with Gasteiger partial charge in [-0.3, -0.25) is 9.59 Å². The van der Waals surface area contributed by atoms with Crippen LogP contribution in [0.4, 0.5) is 5.95 Å². The van der Waals surface area contributed by atoms with Crippen molar-refractivity contribution in [1.82, 2.24) is 20.2 Å². The van der Waals surface area contributed by atoms with E-state index in [1.165, 1.54) is 0 Å². The number of hydrogen-bond donors (Lipinski definition) is 1. The summed E-state index contributed by atoms with van der Waals surface area (Å²) in [6.45, 7) is 4.97.